The lowest BCUT2D eigenvalue weighted by molar-refractivity contribution is -0.122. The Labute approximate surface area is 171 Å². The number of nitrogens with one attached hydrogen (secondary N) is 1. The number of benzene rings is 2. The molecule has 8 heteroatoms. The summed E-state index contributed by atoms with van der Waals surface area (Å²) < 4.78 is 10.6. The summed E-state index contributed by atoms with van der Waals surface area (Å²) in [5, 5.41) is 2.50. The molecule has 29 heavy (non-hydrogen) atoms. The lowest BCUT2D eigenvalue weighted by Crippen LogP contribution is -2.54. The van der Waals surface area contributed by atoms with Gasteiger partial charge in [0.15, 0.2) is 11.5 Å². The van der Waals surface area contributed by atoms with Crippen LogP contribution in [0.2, 0.25) is 5.02 Å². The highest BCUT2D eigenvalue weighted by atomic mass is 35.5. The summed E-state index contributed by atoms with van der Waals surface area (Å²) in [5.41, 5.74) is 0.520. The molecule has 0 bridgehead atoms. The molecule has 7 nitrogen and oxygen atoms in total. The zero-order valence-corrected chi connectivity index (χ0v) is 16.0. The number of urea groups is 1. The molecule has 3 rings (SSSR count). The quantitative estimate of drug-likeness (QED) is 0.465. The van der Waals surface area contributed by atoms with Gasteiger partial charge in [0.2, 0.25) is 0 Å². The molecule has 0 radical (unpaired) electrons. The first-order chi connectivity index (χ1) is 13.9. The second kappa shape index (κ2) is 8.50. The molecule has 1 fully saturated rings. The second-order valence-corrected chi connectivity index (χ2v) is 6.28. The van der Waals surface area contributed by atoms with Gasteiger partial charge in [-0.15, -0.1) is 6.42 Å². The minimum Gasteiger partial charge on any atom is -0.493 e. The highest BCUT2D eigenvalue weighted by Gasteiger charge is 2.36. The molecular formula is C21H15ClN2O5. The SMILES string of the molecule is C#CCOc1ccc(/C=C2\C(=O)NC(=O)N(c3cccc(Cl)c3)C2=O)cc1OC. The Hall–Kier alpha value is -3.76. The Morgan fingerprint density at radius 2 is 1.97 bits per heavy atom. The van der Waals surface area contributed by atoms with Crippen molar-refractivity contribution in [3.05, 3.63) is 58.6 Å². The molecule has 2 aromatic rings. The average molecular weight is 411 g/mol. The molecule has 0 aliphatic carbocycles. The van der Waals surface area contributed by atoms with Gasteiger partial charge in [0.25, 0.3) is 11.8 Å². The van der Waals surface area contributed by atoms with Crippen LogP contribution in [0.25, 0.3) is 6.08 Å². The molecule has 2 aromatic carbocycles. The fourth-order valence-corrected chi connectivity index (χ4v) is 2.87. The number of nitrogens with zero attached hydrogens (tertiary/aromatic N) is 1. The maximum Gasteiger partial charge on any atom is 0.335 e. The molecule has 0 saturated carbocycles. The fraction of sp³-hybridized carbons (Fsp3) is 0.0952. The maximum absolute atomic E-state index is 12.9. The van der Waals surface area contributed by atoms with Crippen LogP contribution in [0.5, 0.6) is 11.5 Å². The first kappa shape index (κ1) is 20.0. The molecule has 0 unspecified atom stereocenters. The zero-order valence-electron chi connectivity index (χ0n) is 15.3. The van der Waals surface area contributed by atoms with E-state index in [9.17, 15) is 14.4 Å². The van der Waals surface area contributed by atoms with E-state index in [1.165, 1.54) is 25.3 Å². The number of carbonyl (C=O) groups excluding carboxylic acids is 3. The molecule has 1 aliphatic heterocycles. The molecular weight excluding hydrogens is 396 g/mol. The molecule has 1 saturated heterocycles. The number of halogens is 1. The Bertz CT molecular complexity index is 1070. The highest BCUT2D eigenvalue weighted by Crippen LogP contribution is 2.30. The van der Waals surface area contributed by atoms with Crippen LogP contribution in [-0.4, -0.2) is 31.6 Å². The summed E-state index contributed by atoms with van der Waals surface area (Å²) in [6.07, 6.45) is 6.54. The van der Waals surface area contributed by atoms with Crippen LogP contribution < -0.4 is 19.7 Å². The number of methoxy groups -OCH3 is 1. The van der Waals surface area contributed by atoms with Crippen molar-refractivity contribution in [3.8, 4) is 23.8 Å². The normalized spacial score (nSPS) is 15.1. The van der Waals surface area contributed by atoms with Gasteiger partial charge >= 0.3 is 6.03 Å². The van der Waals surface area contributed by atoms with Crippen LogP contribution in [0.3, 0.4) is 0 Å². The highest BCUT2D eigenvalue weighted by molar-refractivity contribution is 6.39. The summed E-state index contributed by atoms with van der Waals surface area (Å²) in [7, 11) is 1.45. The van der Waals surface area contributed by atoms with Crippen LogP contribution in [0.1, 0.15) is 5.56 Å². The van der Waals surface area contributed by atoms with Crippen molar-refractivity contribution < 1.29 is 23.9 Å². The lowest BCUT2D eigenvalue weighted by Gasteiger charge is -2.26. The van der Waals surface area contributed by atoms with Crippen molar-refractivity contribution in [2.45, 2.75) is 0 Å². The number of anilines is 1. The molecule has 1 N–H and O–H groups in total. The number of rotatable bonds is 5. The number of terminal acetylenes is 1. The Balaban J connectivity index is 1.97. The molecule has 1 aliphatic rings. The predicted molar refractivity (Wildman–Crippen MR) is 108 cm³/mol. The van der Waals surface area contributed by atoms with E-state index in [2.05, 4.69) is 11.2 Å². The second-order valence-electron chi connectivity index (χ2n) is 5.84. The van der Waals surface area contributed by atoms with Gasteiger partial charge in [0.05, 0.1) is 12.8 Å². The number of carbonyl (C=O) groups is 3. The van der Waals surface area contributed by atoms with Crippen molar-refractivity contribution in [2.75, 3.05) is 18.6 Å². The van der Waals surface area contributed by atoms with Gasteiger partial charge in [-0.1, -0.05) is 29.7 Å². The van der Waals surface area contributed by atoms with Crippen LogP contribution >= 0.6 is 11.6 Å². The molecule has 0 spiro atoms. The monoisotopic (exact) mass is 410 g/mol. The van der Waals surface area contributed by atoms with Gasteiger partial charge in [-0.25, -0.2) is 9.69 Å². The number of hydrogen-bond acceptors (Lipinski definition) is 5. The zero-order chi connectivity index (χ0) is 21.0. The maximum atomic E-state index is 12.9. The van der Waals surface area contributed by atoms with Crippen LogP contribution in [0, 0.1) is 12.3 Å². The summed E-state index contributed by atoms with van der Waals surface area (Å²) in [5.74, 6) is 1.58. The van der Waals surface area contributed by atoms with Gasteiger partial charge in [0, 0.05) is 5.02 Å². The van der Waals surface area contributed by atoms with Crippen molar-refractivity contribution in [3.63, 3.8) is 0 Å². The minimum absolute atomic E-state index is 0.0639. The van der Waals surface area contributed by atoms with Crippen molar-refractivity contribution in [2.24, 2.45) is 0 Å². The topological polar surface area (TPSA) is 84.9 Å². The predicted octanol–water partition coefficient (Wildman–Crippen LogP) is 3.03. The van der Waals surface area contributed by atoms with Gasteiger partial charge in [-0.3, -0.25) is 14.9 Å². The number of hydrogen-bond donors (Lipinski definition) is 1. The first-order valence-corrected chi connectivity index (χ1v) is 8.73. The summed E-state index contributed by atoms with van der Waals surface area (Å²) in [4.78, 5) is 38.2. The molecule has 1 heterocycles. The molecule has 146 valence electrons. The van der Waals surface area contributed by atoms with Gasteiger partial charge < -0.3 is 9.47 Å². The number of ether oxygens (including phenoxy) is 2. The van der Waals surface area contributed by atoms with E-state index < -0.39 is 17.8 Å². The Kier molecular flexibility index (Phi) is 5.86. The molecule has 0 aromatic heterocycles. The van der Waals surface area contributed by atoms with E-state index in [1.54, 1.807) is 30.3 Å². The lowest BCUT2D eigenvalue weighted by atomic mass is 10.1. The third kappa shape index (κ3) is 4.23. The minimum atomic E-state index is -0.852. The third-order valence-electron chi connectivity index (χ3n) is 3.98. The van der Waals surface area contributed by atoms with E-state index in [4.69, 9.17) is 27.5 Å². The smallest absolute Gasteiger partial charge is 0.335 e. The Morgan fingerprint density at radius 3 is 2.66 bits per heavy atom. The molecule has 0 atom stereocenters. The van der Waals surface area contributed by atoms with E-state index in [1.807, 2.05) is 0 Å². The third-order valence-corrected chi connectivity index (χ3v) is 4.21. The van der Waals surface area contributed by atoms with E-state index in [-0.39, 0.29) is 17.9 Å². The van der Waals surface area contributed by atoms with Crippen LogP contribution in [0.4, 0.5) is 10.5 Å². The summed E-state index contributed by atoms with van der Waals surface area (Å²) in [6.45, 7) is 0.0639. The van der Waals surface area contributed by atoms with Crippen molar-refractivity contribution in [1.29, 1.82) is 0 Å². The number of barbiturate groups is 1. The van der Waals surface area contributed by atoms with Crippen LogP contribution in [-0.2, 0) is 9.59 Å². The van der Waals surface area contributed by atoms with Gasteiger partial charge in [0.1, 0.15) is 12.2 Å². The fourth-order valence-electron chi connectivity index (χ4n) is 2.69. The number of amides is 4. The largest absolute Gasteiger partial charge is 0.493 e. The molecule has 4 amide bonds. The van der Waals surface area contributed by atoms with E-state index in [0.29, 0.717) is 22.1 Å². The number of imide groups is 2. The van der Waals surface area contributed by atoms with Gasteiger partial charge in [-0.2, -0.15) is 0 Å². The first-order valence-electron chi connectivity index (χ1n) is 8.36. The summed E-state index contributed by atoms with van der Waals surface area (Å²) >= 11 is 5.95. The summed E-state index contributed by atoms with van der Waals surface area (Å²) in [6, 6.07) is 10.2. The standard InChI is InChI=1S/C21H15ClN2O5/c1-3-9-29-17-8-7-13(11-18(17)28-2)10-16-19(25)23-21(27)24(20(16)26)15-6-4-5-14(22)12-15/h1,4-8,10-12H,9H2,2H3,(H,23,25,27)/b16-10+. The Morgan fingerprint density at radius 1 is 1.17 bits per heavy atom. The van der Waals surface area contributed by atoms with Crippen molar-refractivity contribution in [1.82, 2.24) is 5.32 Å². The van der Waals surface area contributed by atoms with E-state index in [0.717, 1.165) is 4.90 Å². The van der Waals surface area contributed by atoms with Gasteiger partial charge in [-0.05, 0) is 42.0 Å². The van der Waals surface area contributed by atoms with E-state index >= 15 is 0 Å². The average Bonchev–Trinajstić information content (AvgIpc) is 2.69. The van der Waals surface area contributed by atoms with Crippen molar-refractivity contribution >= 4 is 41.2 Å². The van der Waals surface area contributed by atoms with Crippen LogP contribution in [0.15, 0.2) is 48.0 Å².